The number of anilines is 2. The topological polar surface area (TPSA) is 15.3 Å². The van der Waals surface area contributed by atoms with Gasteiger partial charge >= 0.3 is 0 Å². The predicted molar refractivity (Wildman–Crippen MR) is 78.0 cm³/mol. The Kier molecular flexibility index (Phi) is 4.86. The van der Waals surface area contributed by atoms with Gasteiger partial charge < -0.3 is 10.2 Å². The second-order valence-corrected chi connectivity index (χ2v) is 5.44. The third kappa shape index (κ3) is 3.95. The Labute approximate surface area is 106 Å². The van der Waals surface area contributed by atoms with Gasteiger partial charge in [0.05, 0.1) is 0 Å². The van der Waals surface area contributed by atoms with Gasteiger partial charge in [0.1, 0.15) is 0 Å². The lowest BCUT2D eigenvalue weighted by molar-refractivity contribution is 0.608. The van der Waals surface area contributed by atoms with E-state index in [1.807, 2.05) is 0 Å². The smallest absolute Gasteiger partial charge is 0.0391 e. The highest BCUT2D eigenvalue weighted by Gasteiger charge is 2.14. The molecule has 0 aromatic heterocycles. The molecule has 2 nitrogen and oxygen atoms in total. The van der Waals surface area contributed by atoms with Gasteiger partial charge in [-0.15, -0.1) is 0 Å². The first-order chi connectivity index (χ1) is 7.91. The minimum absolute atomic E-state index is 0.469. The summed E-state index contributed by atoms with van der Waals surface area (Å²) in [6, 6.07) is 10.2. The van der Waals surface area contributed by atoms with Gasteiger partial charge in [0.2, 0.25) is 0 Å². The van der Waals surface area contributed by atoms with Crippen molar-refractivity contribution in [2.45, 2.75) is 59.7 Å². The molecule has 0 aliphatic heterocycles. The summed E-state index contributed by atoms with van der Waals surface area (Å²) >= 11 is 0. The summed E-state index contributed by atoms with van der Waals surface area (Å²) in [6.07, 6.45) is 0. The number of hydrogen-bond acceptors (Lipinski definition) is 2. The molecule has 0 aliphatic rings. The highest BCUT2D eigenvalue weighted by atomic mass is 15.2. The number of hydrogen-bond donors (Lipinski definition) is 1. The lowest BCUT2D eigenvalue weighted by Crippen LogP contribution is -2.36. The molecule has 1 aromatic rings. The van der Waals surface area contributed by atoms with Gasteiger partial charge in [0, 0.05) is 29.5 Å². The lowest BCUT2D eigenvalue weighted by atomic mass is 10.1. The highest BCUT2D eigenvalue weighted by molar-refractivity contribution is 5.59. The Hall–Kier alpha value is -1.18. The molecule has 2 heteroatoms. The van der Waals surface area contributed by atoms with E-state index in [1.165, 1.54) is 11.4 Å². The summed E-state index contributed by atoms with van der Waals surface area (Å²) in [4.78, 5) is 2.44. The normalized spacial score (nSPS) is 11.4. The van der Waals surface area contributed by atoms with Gasteiger partial charge in [-0.25, -0.2) is 0 Å². The maximum absolute atomic E-state index is 3.45. The van der Waals surface area contributed by atoms with E-state index in [2.05, 4.69) is 76.0 Å². The first-order valence-corrected chi connectivity index (χ1v) is 6.56. The molecule has 0 fully saturated rings. The quantitative estimate of drug-likeness (QED) is 0.824. The van der Waals surface area contributed by atoms with Gasteiger partial charge in [0.25, 0.3) is 0 Å². The molecule has 96 valence electrons. The van der Waals surface area contributed by atoms with Crippen LogP contribution >= 0.6 is 0 Å². The minimum atomic E-state index is 0.469. The van der Waals surface area contributed by atoms with Gasteiger partial charge in [0.15, 0.2) is 0 Å². The van der Waals surface area contributed by atoms with Crippen molar-refractivity contribution >= 4 is 11.4 Å². The molecule has 0 amide bonds. The standard InChI is InChI=1S/C15H26N2/c1-11(2)16-14-8-7-9-15(10-14)17(12(3)4)13(5)6/h7-13,16H,1-6H3. The Morgan fingerprint density at radius 1 is 0.941 bits per heavy atom. The van der Waals surface area contributed by atoms with Crippen molar-refractivity contribution in [2.75, 3.05) is 10.2 Å². The first kappa shape index (κ1) is 13.9. The molecule has 0 aliphatic carbocycles. The van der Waals surface area contributed by atoms with Crippen LogP contribution in [0.3, 0.4) is 0 Å². The van der Waals surface area contributed by atoms with E-state index in [1.54, 1.807) is 0 Å². The fourth-order valence-corrected chi connectivity index (χ4v) is 2.28. The molecule has 0 atom stereocenters. The van der Waals surface area contributed by atoms with Gasteiger partial charge in [-0.3, -0.25) is 0 Å². The van der Waals surface area contributed by atoms with Crippen LogP contribution < -0.4 is 10.2 Å². The number of nitrogens with zero attached hydrogens (tertiary/aromatic N) is 1. The zero-order valence-electron chi connectivity index (χ0n) is 12.0. The molecule has 17 heavy (non-hydrogen) atoms. The van der Waals surface area contributed by atoms with Crippen LogP contribution in [0.2, 0.25) is 0 Å². The lowest BCUT2D eigenvalue weighted by Gasteiger charge is -2.33. The van der Waals surface area contributed by atoms with E-state index in [-0.39, 0.29) is 0 Å². The molecule has 1 rings (SSSR count). The van der Waals surface area contributed by atoms with E-state index in [0.717, 1.165) is 0 Å². The SMILES string of the molecule is CC(C)Nc1cccc(N(C(C)C)C(C)C)c1. The van der Waals surface area contributed by atoms with Gasteiger partial charge in [-0.1, -0.05) is 6.07 Å². The van der Waals surface area contributed by atoms with Crippen LogP contribution in [0, 0.1) is 0 Å². The number of rotatable bonds is 5. The van der Waals surface area contributed by atoms with Gasteiger partial charge in [-0.2, -0.15) is 0 Å². The second-order valence-electron chi connectivity index (χ2n) is 5.44. The van der Waals surface area contributed by atoms with E-state index in [4.69, 9.17) is 0 Å². The predicted octanol–water partition coefficient (Wildman–Crippen LogP) is 4.13. The van der Waals surface area contributed by atoms with Crippen molar-refractivity contribution in [2.24, 2.45) is 0 Å². The maximum atomic E-state index is 3.45. The zero-order chi connectivity index (χ0) is 13.0. The fourth-order valence-electron chi connectivity index (χ4n) is 2.28. The molecule has 0 bridgehead atoms. The Morgan fingerprint density at radius 3 is 2.00 bits per heavy atom. The number of nitrogens with one attached hydrogen (secondary N) is 1. The van der Waals surface area contributed by atoms with Crippen molar-refractivity contribution in [1.29, 1.82) is 0 Å². The van der Waals surface area contributed by atoms with Crippen molar-refractivity contribution in [3.8, 4) is 0 Å². The molecule has 0 saturated heterocycles. The largest absolute Gasteiger partial charge is 0.383 e. The molecule has 0 heterocycles. The third-order valence-electron chi connectivity index (χ3n) is 2.71. The van der Waals surface area contributed by atoms with Crippen LogP contribution in [0.4, 0.5) is 11.4 Å². The molecule has 1 aromatic carbocycles. The minimum Gasteiger partial charge on any atom is -0.383 e. The summed E-state index contributed by atoms with van der Waals surface area (Å²) in [5.74, 6) is 0. The average molecular weight is 234 g/mol. The summed E-state index contributed by atoms with van der Waals surface area (Å²) < 4.78 is 0. The third-order valence-corrected chi connectivity index (χ3v) is 2.71. The van der Waals surface area contributed by atoms with E-state index >= 15 is 0 Å². The molecule has 1 N–H and O–H groups in total. The van der Waals surface area contributed by atoms with Crippen LogP contribution in [0.1, 0.15) is 41.5 Å². The second kappa shape index (κ2) is 5.95. The first-order valence-electron chi connectivity index (χ1n) is 6.56. The highest BCUT2D eigenvalue weighted by Crippen LogP contribution is 2.23. The Bertz CT molecular complexity index is 335. The Balaban J connectivity index is 2.96. The van der Waals surface area contributed by atoms with E-state index in [9.17, 15) is 0 Å². The Morgan fingerprint density at radius 2 is 1.53 bits per heavy atom. The maximum Gasteiger partial charge on any atom is 0.0391 e. The van der Waals surface area contributed by atoms with Crippen LogP contribution in [0.5, 0.6) is 0 Å². The van der Waals surface area contributed by atoms with E-state index in [0.29, 0.717) is 18.1 Å². The molecule has 0 saturated carbocycles. The van der Waals surface area contributed by atoms with Crippen LogP contribution in [0.25, 0.3) is 0 Å². The molecular weight excluding hydrogens is 208 g/mol. The zero-order valence-corrected chi connectivity index (χ0v) is 12.0. The summed E-state index contributed by atoms with van der Waals surface area (Å²) in [6.45, 7) is 13.3. The van der Waals surface area contributed by atoms with Crippen LogP contribution in [-0.2, 0) is 0 Å². The molecule has 0 unspecified atom stereocenters. The summed E-state index contributed by atoms with van der Waals surface area (Å²) in [5.41, 5.74) is 2.49. The van der Waals surface area contributed by atoms with Crippen molar-refractivity contribution in [3.63, 3.8) is 0 Å². The summed E-state index contributed by atoms with van der Waals surface area (Å²) in [7, 11) is 0. The van der Waals surface area contributed by atoms with Crippen LogP contribution in [0.15, 0.2) is 24.3 Å². The number of benzene rings is 1. The fraction of sp³-hybridized carbons (Fsp3) is 0.600. The van der Waals surface area contributed by atoms with Crippen molar-refractivity contribution < 1.29 is 0 Å². The molecule has 0 radical (unpaired) electrons. The van der Waals surface area contributed by atoms with Crippen LogP contribution in [-0.4, -0.2) is 18.1 Å². The van der Waals surface area contributed by atoms with Crippen molar-refractivity contribution in [3.05, 3.63) is 24.3 Å². The monoisotopic (exact) mass is 234 g/mol. The van der Waals surface area contributed by atoms with Gasteiger partial charge in [-0.05, 0) is 59.7 Å². The summed E-state index contributed by atoms with van der Waals surface area (Å²) in [5, 5.41) is 3.45. The molecular formula is C15H26N2. The van der Waals surface area contributed by atoms with Crippen molar-refractivity contribution in [1.82, 2.24) is 0 Å². The van der Waals surface area contributed by atoms with E-state index < -0.39 is 0 Å². The molecule has 0 spiro atoms. The average Bonchev–Trinajstić information content (AvgIpc) is 2.15.